The van der Waals surface area contributed by atoms with Gasteiger partial charge in [0, 0.05) is 12.8 Å². The molecule has 0 saturated carbocycles. The molecular formula is C46H89NO8P+. The van der Waals surface area contributed by atoms with E-state index in [1.807, 2.05) is 21.1 Å². The van der Waals surface area contributed by atoms with Gasteiger partial charge in [-0.25, -0.2) is 4.57 Å². The lowest BCUT2D eigenvalue weighted by Gasteiger charge is -2.25. The number of carbonyl (C=O) groups is 2. The largest absolute Gasteiger partial charge is 0.475 e. The fraction of sp³-hybridized carbons (Fsp3) is 0.870. The maximum Gasteiger partial charge on any atom is 0.475 e. The van der Waals surface area contributed by atoms with Gasteiger partial charge in [-0.2, -0.15) is 0 Å². The monoisotopic (exact) mass is 815 g/mol. The number of phosphoric acid groups is 1. The molecule has 0 radical (unpaired) electrons. The second-order valence-electron chi connectivity index (χ2n) is 16.5. The van der Waals surface area contributed by atoms with Crippen molar-refractivity contribution in [3.05, 3.63) is 24.3 Å². The number of likely N-dealkylation sites (N-methyl/N-ethyl adjacent to an activating group) is 1. The van der Waals surface area contributed by atoms with Crippen molar-refractivity contribution in [1.29, 1.82) is 0 Å². The number of allylic oxidation sites excluding steroid dienone is 4. The molecule has 0 saturated heterocycles. The Kier molecular flexibility index (Phi) is 37.9. The van der Waals surface area contributed by atoms with Gasteiger partial charge in [-0.05, 0) is 71.1 Å². The molecule has 0 amide bonds. The first-order chi connectivity index (χ1) is 27.0. The molecular weight excluding hydrogens is 725 g/mol. The molecule has 1 unspecified atom stereocenters. The molecule has 0 bridgehead atoms. The number of unbranched alkanes of at least 4 members (excludes halogenated alkanes) is 22. The third-order valence-electron chi connectivity index (χ3n) is 9.73. The van der Waals surface area contributed by atoms with Crippen LogP contribution in [0.15, 0.2) is 24.3 Å². The summed E-state index contributed by atoms with van der Waals surface area (Å²) < 4.78 is 41.7. The van der Waals surface area contributed by atoms with Gasteiger partial charge in [-0.1, -0.05) is 141 Å². The van der Waals surface area contributed by atoms with Crippen LogP contribution in [0.5, 0.6) is 0 Å². The van der Waals surface area contributed by atoms with E-state index in [1.54, 1.807) is 6.92 Å². The van der Waals surface area contributed by atoms with Crippen molar-refractivity contribution in [3.8, 4) is 0 Å². The Bertz CT molecular complexity index is 1010. The van der Waals surface area contributed by atoms with Crippen LogP contribution >= 0.6 is 7.82 Å². The summed E-state index contributed by atoms with van der Waals surface area (Å²) in [4.78, 5) is 25.4. The number of ether oxygens (including phenoxy) is 2. The van der Waals surface area contributed by atoms with E-state index < -0.39 is 13.9 Å². The average Bonchev–Trinajstić information content (AvgIpc) is 3.15. The highest BCUT2D eigenvalue weighted by Gasteiger charge is 2.30. The summed E-state index contributed by atoms with van der Waals surface area (Å²) >= 11 is 0. The fourth-order valence-electron chi connectivity index (χ4n) is 6.17. The smallest absolute Gasteiger partial charge is 0.462 e. The molecule has 10 heteroatoms. The number of nitrogens with zero attached hydrogens (tertiary/aromatic N) is 1. The van der Waals surface area contributed by atoms with Gasteiger partial charge in [0.15, 0.2) is 6.10 Å². The van der Waals surface area contributed by atoms with E-state index in [9.17, 15) is 14.2 Å². The molecule has 0 spiro atoms. The van der Waals surface area contributed by atoms with E-state index in [4.69, 9.17) is 23.0 Å². The summed E-state index contributed by atoms with van der Waals surface area (Å²) in [6.07, 6.45) is 39.8. The van der Waals surface area contributed by atoms with Crippen LogP contribution in [0.1, 0.15) is 201 Å². The number of rotatable bonds is 42. The summed E-state index contributed by atoms with van der Waals surface area (Å²) in [6.45, 7) is 6.69. The minimum Gasteiger partial charge on any atom is -0.462 e. The Morgan fingerprint density at radius 2 is 0.929 bits per heavy atom. The van der Waals surface area contributed by atoms with E-state index in [-0.39, 0.29) is 44.8 Å². The van der Waals surface area contributed by atoms with Crippen molar-refractivity contribution in [3.63, 3.8) is 0 Å². The van der Waals surface area contributed by atoms with Crippen molar-refractivity contribution in [2.45, 2.75) is 207 Å². The number of carbonyl (C=O) groups excluding carboxylic acids is 2. The first kappa shape index (κ1) is 54.5. The molecule has 0 aliphatic rings. The summed E-state index contributed by atoms with van der Waals surface area (Å²) in [7, 11) is 2.12. The normalized spacial score (nSPS) is 13.8. The molecule has 0 rings (SSSR count). The molecule has 0 aromatic heterocycles. The quantitative estimate of drug-likeness (QED) is 0.0198. The molecule has 0 heterocycles. The van der Waals surface area contributed by atoms with Gasteiger partial charge in [-0.3, -0.25) is 23.2 Å². The minimum absolute atomic E-state index is 0.131. The lowest BCUT2D eigenvalue weighted by molar-refractivity contribution is -0.870. The third kappa shape index (κ3) is 39.3. The molecule has 0 N–H and O–H groups in total. The Balaban J connectivity index is 4.57. The lowest BCUT2D eigenvalue weighted by atomic mass is 10.1. The van der Waals surface area contributed by atoms with Gasteiger partial charge in [0.2, 0.25) is 0 Å². The van der Waals surface area contributed by atoms with Gasteiger partial charge in [-0.15, -0.1) is 0 Å². The second kappa shape index (κ2) is 39.0. The topological polar surface area (TPSA) is 97.4 Å². The SMILES string of the molecule is CCCCCCCC/C=C\CCCCCCCC(=O)OC[C@H](COP(=O)(OCC)OCC[N+](C)(C)C)OC(=O)CCCCCCC/C=C\CCCCCCCC. The second-order valence-corrected chi connectivity index (χ2v) is 18.1. The van der Waals surface area contributed by atoms with E-state index >= 15 is 0 Å². The number of hydrogen-bond acceptors (Lipinski definition) is 8. The van der Waals surface area contributed by atoms with Gasteiger partial charge in [0.25, 0.3) is 0 Å². The predicted octanol–water partition coefficient (Wildman–Crippen LogP) is 13.4. The number of quaternary nitrogens is 1. The molecule has 0 fully saturated rings. The van der Waals surface area contributed by atoms with Gasteiger partial charge in [0.05, 0.1) is 34.4 Å². The lowest BCUT2D eigenvalue weighted by Crippen LogP contribution is -2.37. The zero-order valence-electron chi connectivity index (χ0n) is 37.4. The van der Waals surface area contributed by atoms with Gasteiger partial charge >= 0.3 is 19.8 Å². The third-order valence-corrected chi connectivity index (χ3v) is 11.3. The predicted molar refractivity (Wildman–Crippen MR) is 234 cm³/mol. The summed E-state index contributed by atoms with van der Waals surface area (Å²) in [5, 5.41) is 0. The molecule has 9 nitrogen and oxygen atoms in total. The molecule has 0 aliphatic carbocycles. The zero-order chi connectivity index (χ0) is 41.4. The van der Waals surface area contributed by atoms with Crippen LogP contribution in [0.2, 0.25) is 0 Å². The van der Waals surface area contributed by atoms with Gasteiger partial charge < -0.3 is 14.0 Å². The van der Waals surface area contributed by atoms with Crippen LogP contribution in [-0.2, 0) is 37.2 Å². The standard InChI is InChI=1S/C46H89NO8P/c1-7-10-12-14-16-18-20-22-24-26-28-30-32-34-36-38-45(48)51-42-44(43-54-56(50,52-9-3)53-41-40-47(4,5)6)55-46(49)39-37-35-33-31-29-27-25-23-21-19-17-15-13-11-8-2/h22-25,44H,7-21,26-43H2,1-6H3/q+1/b24-22-,25-23-/t44-,56?/m1/s1. The van der Waals surface area contributed by atoms with Crippen molar-refractivity contribution >= 4 is 19.8 Å². The van der Waals surface area contributed by atoms with Crippen LogP contribution in [-0.4, -0.2) is 76.6 Å². The Hall–Kier alpha value is -1.51. The highest BCUT2D eigenvalue weighted by atomic mass is 31.2. The zero-order valence-corrected chi connectivity index (χ0v) is 38.3. The maximum absolute atomic E-state index is 13.3. The highest BCUT2D eigenvalue weighted by Crippen LogP contribution is 2.49. The molecule has 330 valence electrons. The summed E-state index contributed by atoms with van der Waals surface area (Å²) in [6, 6.07) is 0. The van der Waals surface area contributed by atoms with Crippen LogP contribution in [0.3, 0.4) is 0 Å². The first-order valence-electron chi connectivity index (χ1n) is 23.0. The van der Waals surface area contributed by atoms with Crippen LogP contribution < -0.4 is 0 Å². The van der Waals surface area contributed by atoms with E-state index in [0.717, 1.165) is 70.6 Å². The number of esters is 2. The van der Waals surface area contributed by atoms with Crippen LogP contribution in [0.4, 0.5) is 0 Å². The first-order valence-corrected chi connectivity index (χ1v) is 24.5. The average molecular weight is 815 g/mol. The molecule has 2 atom stereocenters. The highest BCUT2D eigenvalue weighted by molar-refractivity contribution is 7.48. The van der Waals surface area contributed by atoms with E-state index in [1.165, 1.54) is 96.3 Å². The Morgan fingerprint density at radius 3 is 1.36 bits per heavy atom. The van der Waals surface area contributed by atoms with E-state index in [2.05, 4.69) is 38.2 Å². The molecule has 0 aliphatic heterocycles. The minimum atomic E-state index is -3.90. The molecule has 0 aromatic carbocycles. The molecule has 0 aromatic rings. The van der Waals surface area contributed by atoms with Crippen molar-refractivity contribution in [2.24, 2.45) is 0 Å². The Morgan fingerprint density at radius 1 is 0.518 bits per heavy atom. The maximum atomic E-state index is 13.3. The summed E-state index contributed by atoms with van der Waals surface area (Å²) in [5.74, 6) is -0.727. The van der Waals surface area contributed by atoms with Crippen molar-refractivity contribution in [2.75, 3.05) is 54.1 Å². The van der Waals surface area contributed by atoms with Crippen molar-refractivity contribution < 1.29 is 41.7 Å². The van der Waals surface area contributed by atoms with Gasteiger partial charge in [0.1, 0.15) is 19.8 Å². The summed E-state index contributed by atoms with van der Waals surface area (Å²) in [5.41, 5.74) is 0. The van der Waals surface area contributed by atoms with Crippen LogP contribution in [0, 0.1) is 0 Å². The Labute approximate surface area is 345 Å². The van der Waals surface area contributed by atoms with Crippen LogP contribution in [0.25, 0.3) is 0 Å². The fourth-order valence-corrected chi connectivity index (χ4v) is 7.36. The number of hydrogen-bond donors (Lipinski definition) is 0. The molecule has 56 heavy (non-hydrogen) atoms. The van der Waals surface area contributed by atoms with E-state index in [0.29, 0.717) is 17.4 Å². The van der Waals surface area contributed by atoms with Crippen molar-refractivity contribution in [1.82, 2.24) is 0 Å². The number of phosphoric ester groups is 1.